The molecule has 4 nitrogen and oxygen atoms in total. The molecule has 2 unspecified atom stereocenters. The molecule has 0 spiro atoms. The Hall–Kier alpha value is -0.610. The van der Waals surface area contributed by atoms with Crippen molar-refractivity contribution in [3.05, 3.63) is 0 Å². The van der Waals surface area contributed by atoms with E-state index in [1.54, 1.807) is 0 Å². The Labute approximate surface area is 117 Å². The number of unbranched alkanes of at least 4 members (excludes halogenated alkanes) is 1. The molecule has 0 aliphatic heterocycles. The van der Waals surface area contributed by atoms with Gasteiger partial charge in [-0.15, -0.1) is 0 Å². The second-order valence-electron chi connectivity index (χ2n) is 6.14. The molecular formula is C15H30N2O2. The fraction of sp³-hybridized carbons (Fsp3) is 0.933. The molecule has 1 aliphatic carbocycles. The summed E-state index contributed by atoms with van der Waals surface area (Å²) < 4.78 is 0. The number of carboxylic acid groups (broad SMARTS) is 1. The second-order valence-corrected chi connectivity index (χ2v) is 6.14. The monoisotopic (exact) mass is 270 g/mol. The van der Waals surface area contributed by atoms with E-state index in [0.29, 0.717) is 18.6 Å². The minimum Gasteiger partial charge on any atom is -0.480 e. The average Bonchev–Trinajstić information content (AvgIpc) is 3.17. The highest BCUT2D eigenvalue weighted by Gasteiger charge is 2.40. The molecule has 1 aliphatic rings. The fourth-order valence-electron chi connectivity index (χ4n) is 2.33. The van der Waals surface area contributed by atoms with Crippen LogP contribution in [0, 0.1) is 0 Å². The number of hydrogen-bond donors (Lipinski definition) is 2. The number of nitrogens with one attached hydrogen (secondary N) is 1. The number of aliphatic carboxylic acids is 1. The third-order valence-electron chi connectivity index (χ3n) is 4.10. The first-order chi connectivity index (χ1) is 8.92. The van der Waals surface area contributed by atoms with Crippen molar-refractivity contribution in [3.8, 4) is 0 Å². The SMILES string of the molecule is CCCCN(CC(C)(NC1CC1)C(=O)O)C(C)CC. The van der Waals surface area contributed by atoms with Crippen LogP contribution in [0.1, 0.15) is 59.8 Å². The van der Waals surface area contributed by atoms with Gasteiger partial charge in [0, 0.05) is 18.6 Å². The molecule has 19 heavy (non-hydrogen) atoms. The maximum Gasteiger partial charge on any atom is 0.324 e. The van der Waals surface area contributed by atoms with Crippen LogP contribution in [-0.2, 0) is 4.79 Å². The maximum atomic E-state index is 11.6. The van der Waals surface area contributed by atoms with E-state index in [9.17, 15) is 9.90 Å². The molecule has 0 bridgehead atoms. The van der Waals surface area contributed by atoms with Crippen LogP contribution in [0.3, 0.4) is 0 Å². The fourth-order valence-corrected chi connectivity index (χ4v) is 2.33. The zero-order valence-electron chi connectivity index (χ0n) is 12.9. The smallest absolute Gasteiger partial charge is 0.324 e. The Morgan fingerprint density at radius 2 is 2.11 bits per heavy atom. The first-order valence-corrected chi connectivity index (χ1v) is 7.68. The van der Waals surface area contributed by atoms with Crippen LogP contribution in [0.25, 0.3) is 0 Å². The van der Waals surface area contributed by atoms with Crippen molar-refractivity contribution in [1.82, 2.24) is 10.2 Å². The highest BCUT2D eigenvalue weighted by Crippen LogP contribution is 2.24. The topological polar surface area (TPSA) is 52.6 Å². The Morgan fingerprint density at radius 3 is 2.53 bits per heavy atom. The number of carbonyl (C=O) groups is 1. The van der Waals surface area contributed by atoms with Gasteiger partial charge in [0.2, 0.25) is 0 Å². The van der Waals surface area contributed by atoms with Crippen molar-refractivity contribution in [2.24, 2.45) is 0 Å². The van der Waals surface area contributed by atoms with Gasteiger partial charge in [-0.1, -0.05) is 20.3 Å². The van der Waals surface area contributed by atoms with Crippen molar-refractivity contribution in [3.63, 3.8) is 0 Å². The first kappa shape index (κ1) is 16.4. The molecule has 0 heterocycles. The largest absolute Gasteiger partial charge is 0.480 e. The van der Waals surface area contributed by atoms with Gasteiger partial charge >= 0.3 is 5.97 Å². The Bertz CT molecular complexity index is 292. The van der Waals surface area contributed by atoms with Gasteiger partial charge < -0.3 is 5.11 Å². The zero-order chi connectivity index (χ0) is 14.5. The van der Waals surface area contributed by atoms with E-state index in [4.69, 9.17) is 0 Å². The third kappa shape index (κ3) is 5.11. The second kappa shape index (κ2) is 7.25. The molecular weight excluding hydrogens is 240 g/mol. The van der Waals surface area contributed by atoms with Gasteiger partial charge in [0.15, 0.2) is 0 Å². The maximum absolute atomic E-state index is 11.6. The minimum atomic E-state index is -0.821. The van der Waals surface area contributed by atoms with Crippen LogP contribution < -0.4 is 5.32 Å². The summed E-state index contributed by atoms with van der Waals surface area (Å²) in [6.07, 6.45) is 5.56. The lowest BCUT2D eigenvalue weighted by molar-refractivity contribution is -0.145. The van der Waals surface area contributed by atoms with Crippen molar-refractivity contribution < 1.29 is 9.90 Å². The lowest BCUT2D eigenvalue weighted by Gasteiger charge is -2.36. The van der Waals surface area contributed by atoms with E-state index >= 15 is 0 Å². The van der Waals surface area contributed by atoms with Crippen LogP contribution in [0.2, 0.25) is 0 Å². The summed E-state index contributed by atoms with van der Waals surface area (Å²) in [6.45, 7) is 9.93. The molecule has 1 saturated carbocycles. The zero-order valence-corrected chi connectivity index (χ0v) is 12.9. The van der Waals surface area contributed by atoms with E-state index < -0.39 is 11.5 Å². The molecule has 1 fully saturated rings. The molecule has 4 heteroatoms. The van der Waals surface area contributed by atoms with Crippen LogP contribution in [0.5, 0.6) is 0 Å². The summed E-state index contributed by atoms with van der Waals surface area (Å²) in [4.78, 5) is 13.9. The number of carboxylic acids is 1. The predicted molar refractivity (Wildman–Crippen MR) is 78.4 cm³/mol. The summed E-state index contributed by atoms with van der Waals surface area (Å²) in [7, 11) is 0. The third-order valence-corrected chi connectivity index (χ3v) is 4.10. The molecule has 0 aromatic heterocycles. The van der Waals surface area contributed by atoms with Crippen molar-refractivity contribution in [2.45, 2.75) is 77.4 Å². The standard InChI is InChI=1S/C15H30N2O2/c1-5-7-10-17(12(3)6-2)11-15(4,14(18)19)16-13-8-9-13/h12-13,16H,5-11H2,1-4H3,(H,18,19). The predicted octanol–water partition coefficient (Wildman–Crippen LogP) is 2.48. The van der Waals surface area contributed by atoms with Gasteiger partial charge in [0.05, 0.1) is 0 Å². The van der Waals surface area contributed by atoms with E-state index in [2.05, 4.69) is 31.0 Å². The summed E-state index contributed by atoms with van der Waals surface area (Å²) in [5.74, 6) is -0.732. The molecule has 0 aromatic rings. The Kier molecular flexibility index (Phi) is 6.27. The van der Waals surface area contributed by atoms with Gasteiger partial charge in [0.25, 0.3) is 0 Å². The molecule has 2 N–H and O–H groups in total. The van der Waals surface area contributed by atoms with Crippen LogP contribution >= 0.6 is 0 Å². The van der Waals surface area contributed by atoms with E-state index in [1.807, 2.05) is 6.92 Å². The van der Waals surface area contributed by atoms with E-state index in [-0.39, 0.29) is 0 Å². The van der Waals surface area contributed by atoms with Gasteiger partial charge in [-0.2, -0.15) is 0 Å². The van der Waals surface area contributed by atoms with E-state index in [0.717, 1.165) is 38.6 Å². The molecule has 112 valence electrons. The van der Waals surface area contributed by atoms with Crippen molar-refractivity contribution in [2.75, 3.05) is 13.1 Å². The number of hydrogen-bond acceptors (Lipinski definition) is 3. The lowest BCUT2D eigenvalue weighted by Crippen LogP contribution is -2.59. The lowest BCUT2D eigenvalue weighted by atomic mass is 9.99. The van der Waals surface area contributed by atoms with Crippen molar-refractivity contribution >= 4 is 5.97 Å². The van der Waals surface area contributed by atoms with Crippen molar-refractivity contribution in [1.29, 1.82) is 0 Å². The first-order valence-electron chi connectivity index (χ1n) is 7.68. The summed E-state index contributed by atoms with van der Waals surface area (Å²) in [6, 6.07) is 0.845. The number of rotatable bonds is 10. The van der Waals surface area contributed by atoms with Crippen LogP contribution in [-0.4, -0.2) is 46.7 Å². The highest BCUT2D eigenvalue weighted by molar-refractivity contribution is 5.78. The van der Waals surface area contributed by atoms with E-state index in [1.165, 1.54) is 0 Å². The summed E-state index contributed by atoms with van der Waals surface area (Å²) in [5.41, 5.74) is -0.821. The Balaban J connectivity index is 2.67. The normalized spacial score (nSPS) is 20.3. The molecule has 0 aromatic carbocycles. The van der Waals surface area contributed by atoms with Gasteiger partial charge in [-0.25, -0.2) is 0 Å². The summed E-state index contributed by atoms with van der Waals surface area (Å²) >= 11 is 0. The van der Waals surface area contributed by atoms with Crippen LogP contribution in [0.4, 0.5) is 0 Å². The summed E-state index contributed by atoms with van der Waals surface area (Å²) in [5, 5.41) is 12.9. The molecule has 0 amide bonds. The molecule has 2 atom stereocenters. The minimum absolute atomic E-state index is 0.408. The van der Waals surface area contributed by atoms with Gasteiger partial charge in [-0.3, -0.25) is 15.0 Å². The van der Waals surface area contributed by atoms with Crippen LogP contribution in [0.15, 0.2) is 0 Å². The molecule has 0 saturated heterocycles. The molecule has 1 rings (SSSR count). The molecule has 0 radical (unpaired) electrons. The quantitative estimate of drug-likeness (QED) is 0.640. The highest BCUT2D eigenvalue weighted by atomic mass is 16.4. The Morgan fingerprint density at radius 1 is 1.47 bits per heavy atom. The number of nitrogens with zero attached hydrogens (tertiary/aromatic N) is 1. The average molecular weight is 270 g/mol. The van der Waals surface area contributed by atoms with Gasteiger partial charge in [0.1, 0.15) is 5.54 Å². The van der Waals surface area contributed by atoms with Gasteiger partial charge in [-0.05, 0) is 46.1 Å².